The van der Waals surface area contributed by atoms with Crippen LogP contribution in [0.1, 0.15) is 17.4 Å². The second-order valence-corrected chi connectivity index (χ2v) is 6.28. The van der Waals surface area contributed by atoms with Crippen LogP contribution in [0.4, 0.5) is 4.79 Å². The molecule has 23 heavy (non-hydrogen) atoms. The van der Waals surface area contributed by atoms with Crippen LogP contribution in [0.25, 0.3) is 10.2 Å². The molecule has 3 rings (SSSR count). The van der Waals surface area contributed by atoms with E-state index in [0.29, 0.717) is 36.3 Å². The topological polar surface area (TPSA) is 108 Å². The van der Waals surface area contributed by atoms with E-state index in [2.05, 4.69) is 4.98 Å². The third-order valence-corrected chi connectivity index (χ3v) is 4.80. The van der Waals surface area contributed by atoms with Gasteiger partial charge in [0.1, 0.15) is 11.4 Å². The van der Waals surface area contributed by atoms with Gasteiger partial charge in [-0.3, -0.25) is 14.2 Å². The van der Waals surface area contributed by atoms with Gasteiger partial charge in [-0.15, -0.1) is 11.3 Å². The summed E-state index contributed by atoms with van der Waals surface area (Å²) in [5.74, 6) is -0.592. The van der Waals surface area contributed by atoms with Crippen LogP contribution >= 0.6 is 11.3 Å². The number of carbonyl (C=O) groups excluding carboxylic acids is 2. The number of amides is 2. The van der Waals surface area contributed by atoms with Gasteiger partial charge in [-0.25, -0.2) is 9.78 Å². The van der Waals surface area contributed by atoms with Crippen LogP contribution in [0.15, 0.2) is 11.1 Å². The van der Waals surface area contributed by atoms with Gasteiger partial charge in [0.2, 0.25) is 5.91 Å². The molecule has 0 bridgehead atoms. The first-order valence-corrected chi connectivity index (χ1v) is 8.02. The molecule has 0 aliphatic carbocycles. The quantitative estimate of drug-likeness (QED) is 0.876. The first kappa shape index (κ1) is 15.5. The van der Waals surface area contributed by atoms with Crippen molar-refractivity contribution in [3.05, 3.63) is 27.1 Å². The second-order valence-electron chi connectivity index (χ2n) is 5.20. The van der Waals surface area contributed by atoms with Crippen LogP contribution < -0.4 is 11.3 Å². The van der Waals surface area contributed by atoms with E-state index in [0.717, 1.165) is 10.4 Å². The summed E-state index contributed by atoms with van der Waals surface area (Å²) < 4.78 is 6.23. The maximum Gasteiger partial charge on any atom is 0.410 e. The lowest BCUT2D eigenvalue weighted by atomic mass is 10.1. The van der Waals surface area contributed by atoms with E-state index in [1.807, 2.05) is 0 Å². The predicted molar refractivity (Wildman–Crippen MR) is 84.2 cm³/mol. The average molecular weight is 336 g/mol. The minimum atomic E-state index is -0.592. The van der Waals surface area contributed by atoms with Crippen molar-refractivity contribution in [2.75, 3.05) is 13.2 Å². The van der Waals surface area contributed by atoms with Crippen LogP contribution in [0.3, 0.4) is 0 Å². The SMILES string of the molecule is CCOC(=O)N1CCc2c(sc3ncn(CC(N)=O)c(=O)c23)C1. The number of nitrogens with zero attached hydrogens (tertiary/aromatic N) is 3. The first-order valence-electron chi connectivity index (χ1n) is 7.21. The third-order valence-electron chi connectivity index (χ3n) is 3.68. The summed E-state index contributed by atoms with van der Waals surface area (Å²) in [7, 11) is 0. The van der Waals surface area contributed by atoms with Crippen LogP contribution in [0.2, 0.25) is 0 Å². The Balaban J connectivity index is 1.99. The number of hydrogen-bond donors (Lipinski definition) is 1. The van der Waals surface area contributed by atoms with Crippen molar-refractivity contribution in [2.45, 2.75) is 26.4 Å². The minimum absolute atomic E-state index is 0.193. The van der Waals surface area contributed by atoms with Crippen molar-refractivity contribution < 1.29 is 14.3 Å². The van der Waals surface area contributed by atoms with Gasteiger partial charge >= 0.3 is 6.09 Å². The lowest BCUT2D eigenvalue weighted by Crippen LogP contribution is -2.36. The Labute approximate surface area is 135 Å². The standard InChI is InChI=1S/C14H16N4O4S/c1-2-22-14(21)17-4-3-8-9(5-17)23-12-11(8)13(20)18(7-16-12)6-10(15)19/h7H,2-6H2,1H3,(H2,15,19). The highest BCUT2D eigenvalue weighted by Gasteiger charge is 2.27. The van der Waals surface area contributed by atoms with Gasteiger partial charge in [-0.05, 0) is 18.9 Å². The van der Waals surface area contributed by atoms with E-state index in [1.54, 1.807) is 11.8 Å². The molecule has 2 aromatic rings. The fraction of sp³-hybridized carbons (Fsp3) is 0.429. The molecule has 0 aromatic carbocycles. The van der Waals surface area contributed by atoms with Crippen LogP contribution in [-0.4, -0.2) is 39.6 Å². The van der Waals surface area contributed by atoms with E-state index < -0.39 is 5.91 Å². The number of primary amides is 1. The summed E-state index contributed by atoms with van der Waals surface area (Å²) in [6, 6.07) is 0. The van der Waals surface area contributed by atoms with E-state index in [1.165, 1.54) is 22.2 Å². The van der Waals surface area contributed by atoms with Gasteiger partial charge in [-0.2, -0.15) is 0 Å². The van der Waals surface area contributed by atoms with Gasteiger partial charge in [0, 0.05) is 11.4 Å². The van der Waals surface area contributed by atoms with Crippen molar-refractivity contribution in [1.82, 2.24) is 14.5 Å². The molecule has 122 valence electrons. The molecular formula is C14H16N4O4S. The smallest absolute Gasteiger partial charge is 0.410 e. The van der Waals surface area contributed by atoms with Crippen molar-refractivity contribution >= 4 is 33.6 Å². The number of nitrogens with two attached hydrogens (primary N) is 1. The number of aromatic nitrogens is 2. The van der Waals surface area contributed by atoms with Crippen LogP contribution in [0, 0.1) is 0 Å². The highest BCUT2D eigenvalue weighted by molar-refractivity contribution is 7.18. The molecule has 2 amide bonds. The van der Waals surface area contributed by atoms with Gasteiger partial charge in [0.05, 0.1) is 24.9 Å². The van der Waals surface area contributed by atoms with E-state index >= 15 is 0 Å². The Bertz CT molecular complexity index is 841. The summed E-state index contributed by atoms with van der Waals surface area (Å²) in [5, 5.41) is 0.525. The Morgan fingerprint density at radius 1 is 1.48 bits per heavy atom. The maximum absolute atomic E-state index is 12.5. The first-order chi connectivity index (χ1) is 11.0. The molecule has 0 saturated carbocycles. The summed E-state index contributed by atoms with van der Waals surface area (Å²) in [5.41, 5.74) is 5.79. The van der Waals surface area contributed by atoms with E-state index in [-0.39, 0.29) is 18.2 Å². The number of hydrogen-bond acceptors (Lipinski definition) is 6. The molecule has 0 atom stereocenters. The monoisotopic (exact) mass is 336 g/mol. The molecule has 0 spiro atoms. The number of ether oxygens (including phenoxy) is 1. The zero-order valence-corrected chi connectivity index (χ0v) is 13.4. The van der Waals surface area contributed by atoms with Crippen molar-refractivity contribution in [1.29, 1.82) is 0 Å². The predicted octanol–water partition coefficient (Wildman–Crippen LogP) is 0.458. The molecule has 2 aromatic heterocycles. The van der Waals surface area contributed by atoms with Crippen molar-refractivity contribution in [2.24, 2.45) is 5.73 Å². The number of fused-ring (bicyclic) bond motifs is 3. The number of rotatable bonds is 3. The summed E-state index contributed by atoms with van der Waals surface area (Å²) >= 11 is 1.39. The van der Waals surface area contributed by atoms with Gasteiger partial charge in [0.15, 0.2) is 0 Å². The zero-order chi connectivity index (χ0) is 16.6. The Morgan fingerprint density at radius 3 is 2.96 bits per heavy atom. The highest BCUT2D eigenvalue weighted by atomic mass is 32.1. The normalized spacial score (nSPS) is 13.9. The lowest BCUT2D eigenvalue weighted by Gasteiger charge is -2.25. The Kier molecular flexibility index (Phi) is 4.03. The van der Waals surface area contributed by atoms with Crippen molar-refractivity contribution in [3.8, 4) is 0 Å². The Morgan fingerprint density at radius 2 is 2.26 bits per heavy atom. The van der Waals surface area contributed by atoms with Gasteiger partial charge < -0.3 is 15.4 Å². The fourth-order valence-corrected chi connectivity index (χ4v) is 3.86. The molecule has 0 radical (unpaired) electrons. The van der Waals surface area contributed by atoms with Crippen LogP contribution in [-0.2, 0) is 29.0 Å². The second kappa shape index (κ2) is 5.99. The zero-order valence-electron chi connectivity index (χ0n) is 12.6. The highest BCUT2D eigenvalue weighted by Crippen LogP contribution is 2.32. The summed E-state index contributed by atoms with van der Waals surface area (Å²) in [6.07, 6.45) is 1.54. The lowest BCUT2D eigenvalue weighted by molar-refractivity contribution is -0.118. The third kappa shape index (κ3) is 2.79. The summed E-state index contributed by atoms with van der Waals surface area (Å²) in [4.78, 5) is 42.8. The molecule has 9 heteroatoms. The molecule has 3 heterocycles. The fourth-order valence-electron chi connectivity index (χ4n) is 2.67. The van der Waals surface area contributed by atoms with Gasteiger partial charge in [-0.1, -0.05) is 0 Å². The summed E-state index contributed by atoms with van der Waals surface area (Å²) in [6.45, 7) is 2.79. The molecule has 8 nitrogen and oxygen atoms in total. The molecular weight excluding hydrogens is 320 g/mol. The molecule has 0 unspecified atom stereocenters. The molecule has 0 fully saturated rings. The van der Waals surface area contributed by atoms with Crippen molar-refractivity contribution in [3.63, 3.8) is 0 Å². The molecule has 1 aliphatic heterocycles. The minimum Gasteiger partial charge on any atom is -0.450 e. The Hall–Kier alpha value is -2.42. The average Bonchev–Trinajstić information content (AvgIpc) is 2.88. The molecule has 1 aliphatic rings. The van der Waals surface area contributed by atoms with Crippen LogP contribution in [0.5, 0.6) is 0 Å². The molecule has 0 saturated heterocycles. The number of carbonyl (C=O) groups is 2. The van der Waals surface area contributed by atoms with E-state index in [4.69, 9.17) is 10.5 Å². The maximum atomic E-state index is 12.5. The van der Waals surface area contributed by atoms with Gasteiger partial charge in [0.25, 0.3) is 5.56 Å². The largest absolute Gasteiger partial charge is 0.450 e. The van der Waals surface area contributed by atoms with E-state index in [9.17, 15) is 14.4 Å². The molecule has 2 N–H and O–H groups in total. The number of thiophene rings is 1.